The summed E-state index contributed by atoms with van der Waals surface area (Å²) < 4.78 is 11.5. The molecular formula is C53H33N3OS. The van der Waals surface area contributed by atoms with Crippen LogP contribution in [0.4, 0.5) is 17.1 Å². The molecule has 272 valence electrons. The summed E-state index contributed by atoms with van der Waals surface area (Å²) in [5.41, 5.74) is 11.5. The SMILES string of the molecule is c1ccc(-c2nc3c(-c4ccc(N(c5ccc6sc7ccccc7c6c5)c5ccc6c(c5)c5ccccc5n6-c5ccccc5)cc4)cc4ccccc4c3o2)cc1. The summed E-state index contributed by atoms with van der Waals surface area (Å²) in [6.07, 6.45) is 0. The highest BCUT2D eigenvalue weighted by molar-refractivity contribution is 7.25. The van der Waals surface area contributed by atoms with Gasteiger partial charge in [-0.15, -0.1) is 11.3 Å². The molecule has 3 aromatic heterocycles. The normalized spacial score (nSPS) is 11.8. The summed E-state index contributed by atoms with van der Waals surface area (Å²) in [6.45, 7) is 0. The van der Waals surface area contributed by atoms with Crippen LogP contribution in [-0.2, 0) is 0 Å². The van der Waals surface area contributed by atoms with Crippen molar-refractivity contribution in [3.63, 3.8) is 0 Å². The number of oxazole rings is 1. The average Bonchev–Trinajstić information content (AvgIpc) is 4.00. The lowest BCUT2D eigenvalue weighted by Crippen LogP contribution is -2.09. The Hall–Kier alpha value is -7.47. The summed E-state index contributed by atoms with van der Waals surface area (Å²) in [6, 6.07) is 71.6. The molecule has 0 atom stereocenters. The van der Waals surface area contributed by atoms with Crippen LogP contribution in [0.25, 0.3) is 92.1 Å². The predicted octanol–water partition coefficient (Wildman–Crippen LogP) is 15.2. The molecule has 5 heteroatoms. The number of thiophene rings is 1. The molecule has 12 aromatic rings. The molecule has 0 aliphatic rings. The number of benzene rings is 9. The minimum atomic E-state index is 0.622. The second-order valence-corrected chi connectivity index (χ2v) is 15.8. The van der Waals surface area contributed by atoms with Crippen LogP contribution in [0.15, 0.2) is 205 Å². The average molecular weight is 760 g/mol. The van der Waals surface area contributed by atoms with Crippen LogP contribution in [0, 0.1) is 0 Å². The zero-order chi connectivity index (χ0) is 38.2. The third-order valence-electron chi connectivity index (χ3n) is 11.4. The molecule has 0 amide bonds. The van der Waals surface area contributed by atoms with E-state index < -0.39 is 0 Å². The Morgan fingerprint density at radius 3 is 1.90 bits per heavy atom. The van der Waals surface area contributed by atoms with E-state index in [-0.39, 0.29) is 0 Å². The lowest BCUT2D eigenvalue weighted by molar-refractivity contribution is 0.623. The maximum atomic E-state index is 6.54. The van der Waals surface area contributed by atoms with Gasteiger partial charge in [-0.25, -0.2) is 4.98 Å². The third-order valence-corrected chi connectivity index (χ3v) is 12.5. The Labute approximate surface area is 338 Å². The fourth-order valence-electron chi connectivity index (χ4n) is 8.71. The summed E-state index contributed by atoms with van der Waals surface area (Å²) in [4.78, 5) is 7.50. The molecule has 0 saturated heterocycles. The van der Waals surface area contributed by atoms with Crippen molar-refractivity contribution >= 4 is 92.2 Å². The van der Waals surface area contributed by atoms with Crippen molar-refractivity contribution in [2.75, 3.05) is 4.90 Å². The summed E-state index contributed by atoms with van der Waals surface area (Å²) >= 11 is 1.84. The van der Waals surface area contributed by atoms with E-state index in [1.807, 2.05) is 41.7 Å². The van der Waals surface area contributed by atoms with Crippen molar-refractivity contribution in [1.82, 2.24) is 9.55 Å². The molecule has 9 aromatic carbocycles. The molecule has 0 aliphatic carbocycles. The topological polar surface area (TPSA) is 34.2 Å². The van der Waals surface area contributed by atoms with Crippen molar-refractivity contribution < 1.29 is 4.42 Å². The third kappa shape index (κ3) is 5.18. The fourth-order valence-corrected chi connectivity index (χ4v) is 9.80. The van der Waals surface area contributed by atoms with Crippen LogP contribution in [0.5, 0.6) is 0 Å². The van der Waals surface area contributed by atoms with Gasteiger partial charge in [-0.1, -0.05) is 109 Å². The van der Waals surface area contributed by atoms with Gasteiger partial charge in [0.15, 0.2) is 5.58 Å². The first-order chi connectivity index (χ1) is 28.7. The van der Waals surface area contributed by atoms with Gasteiger partial charge in [-0.05, 0) is 102 Å². The maximum absolute atomic E-state index is 6.54. The van der Waals surface area contributed by atoms with Crippen LogP contribution in [0.3, 0.4) is 0 Å². The van der Waals surface area contributed by atoms with Gasteiger partial charge in [0.05, 0.1) is 11.0 Å². The number of nitrogens with zero attached hydrogens (tertiary/aromatic N) is 3. The zero-order valence-electron chi connectivity index (χ0n) is 31.2. The Morgan fingerprint density at radius 2 is 1.07 bits per heavy atom. The molecular weight excluding hydrogens is 727 g/mol. The van der Waals surface area contributed by atoms with E-state index in [4.69, 9.17) is 9.40 Å². The minimum Gasteiger partial charge on any atom is -0.435 e. The van der Waals surface area contributed by atoms with Crippen molar-refractivity contribution in [2.45, 2.75) is 0 Å². The van der Waals surface area contributed by atoms with Gasteiger partial charge in [0.1, 0.15) is 5.52 Å². The Morgan fingerprint density at radius 1 is 0.448 bits per heavy atom. The smallest absolute Gasteiger partial charge is 0.227 e. The number of aromatic nitrogens is 2. The van der Waals surface area contributed by atoms with E-state index >= 15 is 0 Å². The van der Waals surface area contributed by atoms with E-state index in [1.54, 1.807) is 0 Å². The van der Waals surface area contributed by atoms with Gasteiger partial charge >= 0.3 is 0 Å². The number of para-hydroxylation sites is 2. The molecule has 0 unspecified atom stereocenters. The van der Waals surface area contributed by atoms with Crippen molar-refractivity contribution in [3.8, 4) is 28.3 Å². The number of hydrogen-bond acceptors (Lipinski definition) is 4. The minimum absolute atomic E-state index is 0.622. The molecule has 0 N–H and O–H groups in total. The zero-order valence-corrected chi connectivity index (χ0v) is 32.0. The molecule has 4 nitrogen and oxygen atoms in total. The Kier molecular flexibility index (Phi) is 7.37. The molecule has 58 heavy (non-hydrogen) atoms. The van der Waals surface area contributed by atoms with Crippen molar-refractivity contribution in [3.05, 3.63) is 200 Å². The highest BCUT2D eigenvalue weighted by Gasteiger charge is 2.20. The van der Waals surface area contributed by atoms with Crippen molar-refractivity contribution in [1.29, 1.82) is 0 Å². The largest absolute Gasteiger partial charge is 0.435 e. The van der Waals surface area contributed by atoms with Crippen LogP contribution < -0.4 is 4.90 Å². The molecule has 0 bridgehead atoms. The molecule has 12 rings (SSSR count). The van der Waals surface area contributed by atoms with Gasteiger partial charge in [-0.2, -0.15) is 0 Å². The monoisotopic (exact) mass is 759 g/mol. The van der Waals surface area contributed by atoms with E-state index in [0.717, 1.165) is 61.3 Å². The van der Waals surface area contributed by atoms with E-state index in [1.165, 1.54) is 42.0 Å². The number of hydrogen-bond donors (Lipinski definition) is 0. The fraction of sp³-hybridized carbons (Fsp3) is 0. The van der Waals surface area contributed by atoms with E-state index in [0.29, 0.717) is 5.89 Å². The van der Waals surface area contributed by atoms with Gasteiger partial charge in [0.2, 0.25) is 5.89 Å². The second-order valence-electron chi connectivity index (χ2n) is 14.8. The Bertz CT molecular complexity index is 3510. The van der Waals surface area contributed by atoms with Crippen LogP contribution in [0.2, 0.25) is 0 Å². The molecule has 0 spiro atoms. The van der Waals surface area contributed by atoms with Gasteiger partial charge in [0, 0.05) is 70.2 Å². The molecule has 0 fully saturated rings. The highest BCUT2D eigenvalue weighted by Crippen LogP contribution is 2.44. The Balaban J connectivity index is 1.05. The first-order valence-corrected chi connectivity index (χ1v) is 20.4. The van der Waals surface area contributed by atoms with Crippen LogP contribution >= 0.6 is 11.3 Å². The van der Waals surface area contributed by atoms with Gasteiger partial charge in [0.25, 0.3) is 0 Å². The molecule has 0 aliphatic heterocycles. The number of rotatable bonds is 6. The highest BCUT2D eigenvalue weighted by atomic mass is 32.1. The van der Waals surface area contributed by atoms with Gasteiger partial charge < -0.3 is 13.9 Å². The lowest BCUT2D eigenvalue weighted by atomic mass is 9.99. The predicted molar refractivity (Wildman–Crippen MR) is 244 cm³/mol. The standard InChI is InChI=1S/C53H33N3OS/c1-3-13-35(14-4-1)53-54-51-44(31-36-15-7-8-18-41(36)52(51)57-53)34-23-25-38(26-24-34)55(40-28-30-50-46(33-40)43-20-10-12-22-49(43)58-50)39-27-29-48-45(32-39)42-19-9-11-21-47(42)56(48)37-16-5-2-6-17-37/h1-33H. The maximum Gasteiger partial charge on any atom is 0.227 e. The van der Waals surface area contributed by atoms with Gasteiger partial charge in [-0.3, -0.25) is 0 Å². The second kappa shape index (κ2) is 13.1. The van der Waals surface area contributed by atoms with Crippen LogP contribution in [-0.4, -0.2) is 9.55 Å². The van der Waals surface area contributed by atoms with Crippen molar-refractivity contribution in [2.24, 2.45) is 0 Å². The molecule has 3 heterocycles. The summed E-state index contributed by atoms with van der Waals surface area (Å²) in [5, 5.41) is 7.15. The lowest BCUT2D eigenvalue weighted by Gasteiger charge is -2.26. The van der Waals surface area contributed by atoms with Crippen LogP contribution in [0.1, 0.15) is 0 Å². The quantitative estimate of drug-likeness (QED) is 0.169. The van der Waals surface area contributed by atoms with E-state index in [2.05, 4.69) is 179 Å². The molecule has 0 radical (unpaired) electrons. The molecule has 0 saturated carbocycles. The van der Waals surface area contributed by atoms with E-state index in [9.17, 15) is 0 Å². The summed E-state index contributed by atoms with van der Waals surface area (Å²) in [7, 11) is 0. The first kappa shape index (κ1) is 32.7. The number of anilines is 3. The first-order valence-electron chi connectivity index (χ1n) is 19.5. The number of fused-ring (bicyclic) bond motifs is 9. The summed E-state index contributed by atoms with van der Waals surface area (Å²) in [5.74, 6) is 0.622.